The fourth-order valence-electron chi connectivity index (χ4n) is 4.04. The van der Waals surface area contributed by atoms with Crippen molar-refractivity contribution in [3.05, 3.63) is 86.2 Å². The second-order valence-electron chi connectivity index (χ2n) is 7.75. The van der Waals surface area contributed by atoms with Crippen molar-refractivity contribution in [3.63, 3.8) is 0 Å². The second-order valence-corrected chi connectivity index (χ2v) is 7.75. The molecule has 0 saturated heterocycles. The lowest BCUT2D eigenvalue weighted by Crippen LogP contribution is -2.40. The highest BCUT2D eigenvalue weighted by Gasteiger charge is 2.37. The Labute approximate surface area is 199 Å². The Bertz CT molecular complexity index is 1620. The van der Waals surface area contributed by atoms with Gasteiger partial charge in [0.15, 0.2) is 0 Å². The predicted molar refractivity (Wildman–Crippen MR) is 119 cm³/mol. The van der Waals surface area contributed by atoms with Crippen molar-refractivity contribution in [3.8, 4) is 11.4 Å². The van der Waals surface area contributed by atoms with Gasteiger partial charge in [-0.15, -0.1) is 0 Å². The van der Waals surface area contributed by atoms with Gasteiger partial charge >= 0.3 is 18.0 Å². The third-order valence-corrected chi connectivity index (χ3v) is 5.57. The average Bonchev–Trinajstić information content (AvgIpc) is 3.11. The number of hydrogen-bond donors (Lipinski definition) is 1. The molecule has 0 radical (unpaired) electrons. The smallest absolute Gasteiger partial charge is 0.449 e. The summed E-state index contributed by atoms with van der Waals surface area (Å²) in [4.78, 5) is 41.6. The van der Waals surface area contributed by atoms with Crippen LogP contribution in [0.1, 0.15) is 23.9 Å². The van der Waals surface area contributed by atoms with Crippen LogP contribution in [0.4, 0.5) is 22.4 Å². The first-order valence-corrected chi connectivity index (χ1v) is 10.5. The van der Waals surface area contributed by atoms with E-state index in [9.17, 15) is 31.9 Å². The average molecular weight is 506 g/mol. The number of aromatic nitrogens is 4. The molecule has 0 spiro atoms. The van der Waals surface area contributed by atoms with Crippen LogP contribution in [0.25, 0.3) is 16.7 Å². The van der Waals surface area contributed by atoms with E-state index in [-0.39, 0.29) is 5.69 Å². The number of imidazole rings is 1. The second kappa shape index (κ2) is 8.98. The summed E-state index contributed by atoms with van der Waals surface area (Å²) in [5.74, 6) is -1.72. The van der Waals surface area contributed by atoms with Gasteiger partial charge in [0.2, 0.25) is 5.75 Å². The van der Waals surface area contributed by atoms with Crippen LogP contribution in [-0.2, 0) is 19.3 Å². The normalized spacial score (nSPS) is 11.7. The van der Waals surface area contributed by atoms with Crippen LogP contribution in [0.15, 0.2) is 52.2 Å². The molecular weight excluding hydrogens is 488 g/mol. The molecule has 4 aromatic rings. The maximum Gasteiger partial charge on any atom is 0.511 e. The van der Waals surface area contributed by atoms with Crippen molar-refractivity contribution in [2.75, 3.05) is 0 Å². The largest absolute Gasteiger partial charge is 0.511 e. The molecule has 13 heteroatoms. The topological polar surface area (TPSA) is 108 Å². The first-order valence-electron chi connectivity index (χ1n) is 10.5. The summed E-state index contributed by atoms with van der Waals surface area (Å²) in [6.45, 7) is 3.33. The molecule has 9 nitrogen and oxygen atoms in total. The first kappa shape index (κ1) is 24.7. The highest BCUT2D eigenvalue weighted by molar-refractivity contribution is 5.78. The summed E-state index contributed by atoms with van der Waals surface area (Å²) in [6, 6.07) is 7.17. The molecule has 188 valence electrons. The SMILES string of the molecule is CCn1c(C)nc2cc(-n3cc(OC(=O)O)c(=O)n(Cc4cccc(F)c4C(F)(F)F)c3=O)ccc21. The molecular formula is C23H18F4N4O5. The number of ether oxygens (including phenoxy) is 1. The van der Waals surface area contributed by atoms with Gasteiger partial charge in [-0.05, 0) is 43.7 Å². The fraction of sp³-hybridized carbons (Fsp3) is 0.217. The van der Waals surface area contributed by atoms with E-state index in [1.807, 2.05) is 11.5 Å². The molecule has 2 aromatic heterocycles. The highest BCUT2D eigenvalue weighted by Crippen LogP contribution is 2.34. The third-order valence-electron chi connectivity index (χ3n) is 5.57. The molecule has 0 fully saturated rings. The molecule has 0 bridgehead atoms. The molecule has 0 aliphatic rings. The summed E-state index contributed by atoms with van der Waals surface area (Å²) in [5, 5.41) is 9.02. The van der Waals surface area contributed by atoms with Gasteiger partial charge in [-0.25, -0.2) is 19.0 Å². The minimum absolute atomic E-state index is 0.146. The first-order chi connectivity index (χ1) is 16.9. The van der Waals surface area contributed by atoms with Crippen LogP contribution >= 0.6 is 0 Å². The van der Waals surface area contributed by atoms with E-state index in [1.54, 1.807) is 13.0 Å². The Morgan fingerprint density at radius 1 is 1.14 bits per heavy atom. The Balaban J connectivity index is 1.95. The van der Waals surface area contributed by atoms with Gasteiger partial charge in [0.1, 0.15) is 11.6 Å². The number of hydrogen-bond acceptors (Lipinski definition) is 5. The summed E-state index contributed by atoms with van der Waals surface area (Å²) < 4.78 is 62.2. The van der Waals surface area contributed by atoms with E-state index in [0.717, 1.165) is 28.4 Å². The van der Waals surface area contributed by atoms with Gasteiger partial charge in [0, 0.05) is 6.54 Å². The zero-order valence-electron chi connectivity index (χ0n) is 18.8. The molecule has 36 heavy (non-hydrogen) atoms. The molecule has 0 atom stereocenters. The lowest BCUT2D eigenvalue weighted by molar-refractivity contribution is -0.140. The minimum Gasteiger partial charge on any atom is -0.449 e. The zero-order valence-corrected chi connectivity index (χ0v) is 18.8. The van der Waals surface area contributed by atoms with Crippen LogP contribution in [0.3, 0.4) is 0 Å². The van der Waals surface area contributed by atoms with Gasteiger partial charge in [0.05, 0.1) is 35.0 Å². The van der Waals surface area contributed by atoms with E-state index in [4.69, 9.17) is 5.11 Å². The van der Waals surface area contributed by atoms with Gasteiger partial charge in [-0.2, -0.15) is 13.2 Å². The van der Waals surface area contributed by atoms with Crippen LogP contribution < -0.4 is 16.0 Å². The molecule has 2 aromatic carbocycles. The molecule has 0 amide bonds. The fourth-order valence-corrected chi connectivity index (χ4v) is 4.04. The van der Waals surface area contributed by atoms with E-state index < -0.39 is 52.8 Å². The number of rotatable bonds is 5. The molecule has 0 unspecified atom stereocenters. The number of alkyl halides is 3. The van der Waals surface area contributed by atoms with E-state index in [0.29, 0.717) is 28.5 Å². The molecule has 0 aliphatic heterocycles. The van der Waals surface area contributed by atoms with Crippen molar-refractivity contribution in [1.29, 1.82) is 0 Å². The Morgan fingerprint density at radius 2 is 1.86 bits per heavy atom. The predicted octanol–water partition coefficient (Wildman–Crippen LogP) is 3.94. The van der Waals surface area contributed by atoms with Gasteiger partial charge in [0.25, 0.3) is 5.56 Å². The highest BCUT2D eigenvalue weighted by atomic mass is 19.4. The van der Waals surface area contributed by atoms with Crippen molar-refractivity contribution < 1.29 is 32.2 Å². The minimum atomic E-state index is -5.11. The molecule has 2 heterocycles. The van der Waals surface area contributed by atoms with Crippen molar-refractivity contribution in [2.45, 2.75) is 33.1 Å². The van der Waals surface area contributed by atoms with Crippen LogP contribution in [0.5, 0.6) is 5.75 Å². The summed E-state index contributed by atoms with van der Waals surface area (Å²) in [6.07, 6.45) is -6.16. The molecule has 4 rings (SSSR count). The number of fused-ring (bicyclic) bond motifs is 1. The number of aryl methyl sites for hydroxylation is 2. The number of carbonyl (C=O) groups is 1. The van der Waals surface area contributed by atoms with Crippen LogP contribution in [-0.4, -0.2) is 29.9 Å². The summed E-state index contributed by atoms with van der Waals surface area (Å²) >= 11 is 0. The maximum atomic E-state index is 14.1. The van der Waals surface area contributed by atoms with Gasteiger partial charge in [-0.3, -0.25) is 13.9 Å². The van der Waals surface area contributed by atoms with Crippen LogP contribution in [0, 0.1) is 12.7 Å². The quantitative estimate of drug-likeness (QED) is 0.325. The lowest BCUT2D eigenvalue weighted by atomic mass is 10.1. The monoisotopic (exact) mass is 506 g/mol. The number of benzene rings is 2. The van der Waals surface area contributed by atoms with Crippen molar-refractivity contribution >= 4 is 17.2 Å². The standard InChI is InChI=1S/C23H18F4N4O5/c1-3-29-12(2)28-16-9-14(7-8-17(16)29)30-11-18(36-22(34)35)20(32)31(21(30)33)10-13-5-4-6-15(24)19(13)23(25,26)27/h4-9,11H,3,10H2,1-2H3,(H,34,35). The van der Waals surface area contributed by atoms with E-state index in [2.05, 4.69) is 9.72 Å². The van der Waals surface area contributed by atoms with E-state index >= 15 is 0 Å². The Kier molecular flexibility index (Phi) is 6.16. The number of halogens is 4. The molecule has 0 aliphatic carbocycles. The number of carboxylic acid groups (broad SMARTS) is 1. The van der Waals surface area contributed by atoms with Crippen molar-refractivity contribution in [1.82, 2.24) is 18.7 Å². The molecule has 0 saturated carbocycles. The lowest BCUT2D eigenvalue weighted by Gasteiger charge is -2.16. The molecule has 1 N–H and O–H groups in total. The van der Waals surface area contributed by atoms with Gasteiger partial charge in [-0.1, -0.05) is 12.1 Å². The van der Waals surface area contributed by atoms with Gasteiger partial charge < -0.3 is 14.4 Å². The Hall–Kier alpha value is -4.42. The summed E-state index contributed by atoms with van der Waals surface area (Å²) in [7, 11) is 0. The Morgan fingerprint density at radius 3 is 2.50 bits per heavy atom. The summed E-state index contributed by atoms with van der Waals surface area (Å²) in [5.41, 5.74) is -3.36. The van der Waals surface area contributed by atoms with Crippen LogP contribution in [0.2, 0.25) is 0 Å². The zero-order chi connectivity index (χ0) is 26.4. The maximum absolute atomic E-state index is 14.1. The van der Waals surface area contributed by atoms with E-state index in [1.165, 1.54) is 12.1 Å². The number of nitrogens with zero attached hydrogens (tertiary/aromatic N) is 4. The van der Waals surface area contributed by atoms with Crippen molar-refractivity contribution in [2.24, 2.45) is 0 Å². The third kappa shape index (κ3) is 4.34.